The molecule has 0 saturated carbocycles. The smallest absolute Gasteiger partial charge is 0.223 e. The van der Waals surface area contributed by atoms with Crippen molar-refractivity contribution < 1.29 is 9.59 Å². The molecule has 1 aromatic heterocycles. The minimum absolute atomic E-state index is 0.0230. The summed E-state index contributed by atoms with van der Waals surface area (Å²) in [5, 5.41) is 9.84. The van der Waals surface area contributed by atoms with E-state index < -0.39 is 0 Å². The van der Waals surface area contributed by atoms with E-state index in [2.05, 4.69) is 58.1 Å². The molecule has 1 atom stereocenters. The summed E-state index contributed by atoms with van der Waals surface area (Å²) < 4.78 is 2.09. The topological polar surface area (TPSA) is 71.3 Å². The Kier molecular flexibility index (Phi) is 9.51. The van der Waals surface area contributed by atoms with Crippen molar-refractivity contribution in [3.63, 3.8) is 0 Å². The van der Waals surface area contributed by atoms with E-state index in [1.165, 1.54) is 11.1 Å². The minimum atomic E-state index is 0.0230. The third-order valence-corrected chi connectivity index (χ3v) is 8.51. The van der Waals surface area contributed by atoms with Crippen LogP contribution in [0.1, 0.15) is 37.3 Å². The second kappa shape index (κ2) is 13.6. The highest BCUT2D eigenvalue weighted by atomic mass is 32.2. The normalized spacial score (nSPS) is 15.2. The molecule has 1 aliphatic heterocycles. The Bertz CT molecular complexity index is 1440. The molecule has 2 amide bonds. The number of carbonyl (C=O) groups is 2. The molecular formula is C33H37N5O2S. The zero-order valence-electron chi connectivity index (χ0n) is 23.8. The van der Waals surface area contributed by atoms with Gasteiger partial charge in [-0.2, -0.15) is 0 Å². The fourth-order valence-corrected chi connectivity index (χ4v) is 6.09. The molecule has 5 rings (SSSR count). The molecule has 2 heterocycles. The van der Waals surface area contributed by atoms with Crippen molar-refractivity contribution in [2.24, 2.45) is 0 Å². The summed E-state index contributed by atoms with van der Waals surface area (Å²) in [5.41, 5.74) is 4.40. The summed E-state index contributed by atoms with van der Waals surface area (Å²) in [5.74, 6) is 1.88. The van der Waals surface area contributed by atoms with Crippen LogP contribution < -0.4 is 0 Å². The first-order valence-electron chi connectivity index (χ1n) is 14.3. The second-order valence-corrected chi connectivity index (χ2v) is 11.6. The summed E-state index contributed by atoms with van der Waals surface area (Å²) in [4.78, 5) is 29.7. The van der Waals surface area contributed by atoms with Gasteiger partial charge in [-0.3, -0.25) is 14.2 Å². The molecule has 1 saturated heterocycles. The van der Waals surface area contributed by atoms with E-state index in [4.69, 9.17) is 0 Å². The number of thioether (sulfide) groups is 1. The Morgan fingerprint density at radius 1 is 0.854 bits per heavy atom. The fraction of sp³-hybridized carbons (Fsp3) is 0.333. The molecule has 212 valence electrons. The number of hydrogen-bond acceptors (Lipinski definition) is 5. The Morgan fingerprint density at radius 2 is 1.56 bits per heavy atom. The van der Waals surface area contributed by atoms with Crippen molar-refractivity contribution in [2.75, 3.05) is 25.4 Å². The lowest BCUT2D eigenvalue weighted by molar-refractivity contribution is -0.142. The predicted octanol–water partition coefficient (Wildman–Crippen LogP) is 5.81. The molecule has 7 nitrogen and oxygen atoms in total. The van der Waals surface area contributed by atoms with Crippen LogP contribution in [0.4, 0.5) is 0 Å². The molecule has 3 aromatic carbocycles. The van der Waals surface area contributed by atoms with E-state index in [1.54, 1.807) is 11.8 Å². The van der Waals surface area contributed by atoms with Crippen LogP contribution in [0.25, 0.3) is 17.1 Å². The third kappa shape index (κ3) is 7.24. The maximum absolute atomic E-state index is 13.0. The number of carbonyl (C=O) groups excluding carboxylic acids is 2. The van der Waals surface area contributed by atoms with Crippen LogP contribution in [0.3, 0.4) is 0 Å². The average molecular weight is 568 g/mol. The van der Waals surface area contributed by atoms with Gasteiger partial charge < -0.3 is 9.80 Å². The van der Waals surface area contributed by atoms with Crippen molar-refractivity contribution in [3.05, 3.63) is 96.1 Å². The van der Waals surface area contributed by atoms with Crippen LogP contribution in [0.2, 0.25) is 0 Å². The standard InChI is InChI=1S/C33H37N5O2S/c1-25-15-18-29(19-16-25)38-32(28-12-7-4-8-13-28)34-35-33(38)41-23-9-14-30(39)36-21-22-37(26(2)24-36)31(40)20-17-27-10-5-3-6-11-27/h3-8,10-13,15-16,18-19,26H,9,14,17,20-24H2,1-2H3. The highest BCUT2D eigenvalue weighted by molar-refractivity contribution is 7.99. The van der Waals surface area contributed by atoms with Crippen LogP contribution in [-0.2, 0) is 16.0 Å². The van der Waals surface area contributed by atoms with Gasteiger partial charge in [-0.25, -0.2) is 0 Å². The monoisotopic (exact) mass is 567 g/mol. The van der Waals surface area contributed by atoms with Gasteiger partial charge in [-0.15, -0.1) is 10.2 Å². The van der Waals surface area contributed by atoms with Crippen molar-refractivity contribution in [3.8, 4) is 17.1 Å². The zero-order valence-corrected chi connectivity index (χ0v) is 24.6. The number of amides is 2. The Morgan fingerprint density at radius 3 is 2.27 bits per heavy atom. The summed E-state index contributed by atoms with van der Waals surface area (Å²) in [6.07, 6.45) is 2.47. The molecule has 8 heteroatoms. The first kappa shape index (κ1) is 28.6. The van der Waals surface area contributed by atoms with Crippen molar-refractivity contribution in [1.82, 2.24) is 24.6 Å². The number of nitrogens with zero attached hydrogens (tertiary/aromatic N) is 5. The van der Waals surface area contributed by atoms with Crippen LogP contribution in [0.5, 0.6) is 0 Å². The van der Waals surface area contributed by atoms with Crippen molar-refractivity contribution in [2.45, 2.75) is 50.7 Å². The molecule has 0 radical (unpaired) electrons. The van der Waals surface area contributed by atoms with Gasteiger partial charge in [0.05, 0.1) is 0 Å². The molecule has 1 fully saturated rings. The molecule has 4 aromatic rings. The van der Waals surface area contributed by atoms with Crippen molar-refractivity contribution >= 4 is 23.6 Å². The van der Waals surface area contributed by atoms with Gasteiger partial charge in [-0.05, 0) is 44.4 Å². The van der Waals surface area contributed by atoms with Crippen LogP contribution in [-0.4, -0.2) is 67.8 Å². The second-order valence-electron chi connectivity index (χ2n) is 10.6. The molecule has 1 unspecified atom stereocenters. The molecule has 1 aliphatic rings. The molecule has 41 heavy (non-hydrogen) atoms. The van der Waals surface area contributed by atoms with Gasteiger partial charge >= 0.3 is 0 Å². The number of piperazine rings is 1. The van der Waals surface area contributed by atoms with E-state index >= 15 is 0 Å². The highest BCUT2D eigenvalue weighted by Crippen LogP contribution is 2.28. The Balaban J connectivity index is 1.13. The maximum Gasteiger partial charge on any atom is 0.223 e. The lowest BCUT2D eigenvalue weighted by Gasteiger charge is -2.40. The third-order valence-electron chi connectivity index (χ3n) is 7.49. The number of aryl methyl sites for hydroxylation is 2. The van der Waals surface area contributed by atoms with E-state index in [0.717, 1.165) is 40.8 Å². The lowest BCUT2D eigenvalue weighted by Crippen LogP contribution is -2.55. The Labute approximate surface area is 246 Å². The van der Waals surface area contributed by atoms with E-state index in [-0.39, 0.29) is 17.9 Å². The van der Waals surface area contributed by atoms with Gasteiger partial charge in [-0.1, -0.05) is 90.1 Å². The summed E-state index contributed by atoms with van der Waals surface area (Å²) >= 11 is 1.62. The number of rotatable bonds is 10. The van der Waals surface area contributed by atoms with Gasteiger partial charge in [0.25, 0.3) is 0 Å². The quantitative estimate of drug-likeness (QED) is 0.179. The molecule has 0 aliphatic carbocycles. The van der Waals surface area contributed by atoms with Gasteiger partial charge in [0, 0.05) is 55.5 Å². The predicted molar refractivity (Wildman–Crippen MR) is 164 cm³/mol. The summed E-state index contributed by atoms with van der Waals surface area (Å²) in [6.45, 7) is 5.89. The largest absolute Gasteiger partial charge is 0.339 e. The number of aromatic nitrogens is 3. The summed E-state index contributed by atoms with van der Waals surface area (Å²) in [6, 6.07) is 28.6. The number of hydrogen-bond donors (Lipinski definition) is 0. The van der Waals surface area contributed by atoms with Crippen LogP contribution in [0, 0.1) is 6.92 Å². The fourth-order valence-electron chi connectivity index (χ4n) is 5.20. The lowest BCUT2D eigenvalue weighted by atomic mass is 10.1. The first-order valence-corrected chi connectivity index (χ1v) is 15.3. The molecule has 0 spiro atoms. The highest BCUT2D eigenvalue weighted by Gasteiger charge is 2.29. The minimum Gasteiger partial charge on any atom is -0.339 e. The zero-order chi connectivity index (χ0) is 28.6. The van der Waals surface area contributed by atoms with Crippen LogP contribution >= 0.6 is 11.8 Å². The molecule has 0 bridgehead atoms. The molecular weight excluding hydrogens is 530 g/mol. The average Bonchev–Trinajstić information content (AvgIpc) is 3.43. The van der Waals surface area contributed by atoms with E-state index in [0.29, 0.717) is 32.5 Å². The van der Waals surface area contributed by atoms with E-state index in [9.17, 15) is 9.59 Å². The van der Waals surface area contributed by atoms with Crippen LogP contribution in [0.15, 0.2) is 90.1 Å². The Hall–Kier alpha value is -3.91. The van der Waals surface area contributed by atoms with Gasteiger partial charge in [0.15, 0.2) is 11.0 Å². The molecule has 0 N–H and O–H groups in total. The van der Waals surface area contributed by atoms with Crippen molar-refractivity contribution in [1.29, 1.82) is 0 Å². The van der Waals surface area contributed by atoms with Gasteiger partial charge in [0.2, 0.25) is 11.8 Å². The number of benzene rings is 3. The summed E-state index contributed by atoms with van der Waals surface area (Å²) in [7, 11) is 0. The van der Waals surface area contributed by atoms with E-state index in [1.807, 2.05) is 65.3 Å². The van der Waals surface area contributed by atoms with Gasteiger partial charge in [0.1, 0.15) is 0 Å². The maximum atomic E-state index is 13.0. The first-order chi connectivity index (χ1) is 20.0. The SMILES string of the molecule is Cc1ccc(-n2c(SCCCC(=O)N3CCN(C(=O)CCc4ccccc4)C(C)C3)nnc2-c2ccccc2)cc1.